The minimum absolute atomic E-state index is 1.10. The number of hydrogen-bond donors (Lipinski definition) is 2. The summed E-state index contributed by atoms with van der Waals surface area (Å²) in [6.45, 7) is 0. The molecular formula is C28H20N2. The Morgan fingerprint density at radius 1 is 0.333 bits per heavy atom. The van der Waals surface area contributed by atoms with Crippen LogP contribution in [-0.4, -0.2) is 0 Å². The number of hydrogen-bond acceptors (Lipinski definition) is 2. The van der Waals surface area contributed by atoms with Crippen LogP contribution >= 0.6 is 0 Å². The molecule has 0 aliphatic rings. The first kappa shape index (κ1) is 16.9. The van der Waals surface area contributed by atoms with Gasteiger partial charge in [0, 0.05) is 21.5 Å². The van der Waals surface area contributed by atoms with Gasteiger partial charge in [-0.1, -0.05) is 97.1 Å². The minimum Gasteiger partial charge on any atom is -0.300 e. The summed E-state index contributed by atoms with van der Waals surface area (Å²) in [7, 11) is 0. The molecule has 0 atom stereocenters. The van der Waals surface area contributed by atoms with E-state index in [4.69, 9.17) is 0 Å². The lowest BCUT2D eigenvalue weighted by molar-refractivity contribution is 1.48. The van der Waals surface area contributed by atoms with Crippen LogP contribution in [0.4, 0.5) is 11.4 Å². The average molecular weight is 384 g/mol. The van der Waals surface area contributed by atoms with E-state index in [-0.39, 0.29) is 0 Å². The van der Waals surface area contributed by atoms with Gasteiger partial charge in [0.1, 0.15) is 0 Å². The molecule has 0 radical (unpaired) electrons. The van der Waals surface area contributed by atoms with Crippen LogP contribution in [0.3, 0.4) is 0 Å². The van der Waals surface area contributed by atoms with Crippen molar-refractivity contribution in [2.45, 2.75) is 0 Å². The lowest BCUT2D eigenvalue weighted by Gasteiger charge is -2.18. The first-order valence-corrected chi connectivity index (χ1v) is 10.2. The zero-order valence-electron chi connectivity index (χ0n) is 16.4. The number of fused-ring (bicyclic) bond motifs is 4. The normalized spacial score (nSPS) is 11.3. The van der Waals surface area contributed by atoms with Crippen molar-refractivity contribution in [2.24, 2.45) is 0 Å². The minimum atomic E-state index is 1.10. The molecular weight excluding hydrogens is 364 g/mol. The molecule has 0 amide bonds. The smallest absolute Gasteiger partial charge is 0.0696 e. The summed E-state index contributed by atoms with van der Waals surface area (Å²) >= 11 is 0. The molecule has 0 fully saturated rings. The Hall–Kier alpha value is -4.04. The molecule has 30 heavy (non-hydrogen) atoms. The monoisotopic (exact) mass is 384 g/mol. The van der Waals surface area contributed by atoms with Crippen LogP contribution in [0.25, 0.3) is 43.1 Å². The standard InChI is InChI=1S/C28H20N2/c1-5-13-23-19(9-1)17-20-10-2-6-14-24(20)27(23)29-30-28-25-15-7-3-11-21(25)18-22-12-4-8-16-26(22)28/h1-18,29-30H. The van der Waals surface area contributed by atoms with E-state index in [9.17, 15) is 0 Å². The zero-order valence-corrected chi connectivity index (χ0v) is 16.4. The Morgan fingerprint density at radius 2 is 0.600 bits per heavy atom. The van der Waals surface area contributed by atoms with E-state index in [1.54, 1.807) is 0 Å². The van der Waals surface area contributed by atoms with Gasteiger partial charge in [-0.15, -0.1) is 0 Å². The summed E-state index contributed by atoms with van der Waals surface area (Å²) in [5.41, 5.74) is 9.36. The van der Waals surface area contributed by atoms with Crippen LogP contribution in [0.15, 0.2) is 109 Å². The van der Waals surface area contributed by atoms with E-state index < -0.39 is 0 Å². The summed E-state index contributed by atoms with van der Waals surface area (Å²) in [4.78, 5) is 0. The van der Waals surface area contributed by atoms with E-state index in [2.05, 4.69) is 120 Å². The molecule has 2 nitrogen and oxygen atoms in total. The van der Waals surface area contributed by atoms with E-state index in [0.717, 1.165) is 11.4 Å². The molecule has 6 aromatic rings. The van der Waals surface area contributed by atoms with Crippen LogP contribution in [0, 0.1) is 0 Å². The van der Waals surface area contributed by atoms with Gasteiger partial charge in [-0.05, 0) is 33.7 Å². The lowest BCUT2D eigenvalue weighted by Crippen LogP contribution is -2.10. The summed E-state index contributed by atoms with van der Waals surface area (Å²) in [5.74, 6) is 0. The highest BCUT2D eigenvalue weighted by atomic mass is 15.4. The van der Waals surface area contributed by atoms with Crippen LogP contribution in [0.2, 0.25) is 0 Å². The summed E-state index contributed by atoms with van der Waals surface area (Å²) in [6.07, 6.45) is 0. The number of nitrogens with one attached hydrogen (secondary N) is 2. The van der Waals surface area contributed by atoms with Crippen molar-refractivity contribution in [1.29, 1.82) is 0 Å². The Balaban J connectivity index is 1.56. The van der Waals surface area contributed by atoms with E-state index >= 15 is 0 Å². The fourth-order valence-corrected chi connectivity index (χ4v) is 4.42. The number of hydrazine groups is 1. The maximum absolute atomic E-state index is 3.58. The van der Waals surface area contributed by atoms with Crippen LogP contribution < -0.4 is 10.9 Å². The van der Waals surface area contributed by atoms with E-state index in [1.807, 2.05) is 0 Å². The van der Waals surface area contributed by atoms with Crippen LogP contribution in [0.1, 0.15) is 0 Å². The molecule has 0 spiro atoms. The first-order chi connectivity index (χ1) is 14.9. The fourth-order valence-electron chi connectivity index (χ4n) is 4.42. The quantitative estimate of drug-likeness (QED) is 0.241. The van der Waals surface area contributed by atoms with Gasteiger partial charge in [0.2, 0.25) is 0 Å². The van der Waals surface area contributed by atoms with Gasteiger partial charge in [-0.25, -0.2) is 0 Å². The molecule has 0 aliphatic heterocycles. The Bertz CT molecular complexity index is 1320. The van der Waals surface area contributed by atoms with Gasteiger partial charge in [-0.2, -0.15) is 0 Å². The van der Waals surface area contributed by atoms with Gasteiger partial charge < -0.3 is 0 Å². The van der Waals surface area contributed by atoms with E-state index in [0.29, 0.717) is 0 Å². The molecule has 6 aromatic carbocycles. The second-order valence-corrected chi connectivity index (χ2v) is 7.64. The molecule has 0 heterocycles. The third-order valence-corrected chi connectivity index (χ3v) is 5.86. The summed E-state index contributed by atoms with van der Waals surface area (Å²) in [5, 5.41) is 9.71. The lowest BCUT2D eigenvalue weighted by atomic mass is 10.0. The number of benzene rings is 6. The fraction of sp³-hybridized carbons (Fsp3) is 0. The van der Waals surface area contributed by atoms with Gasteiger partial charge >= 0.3 is 0 Å². The SMILES string of the molecule is c1ccc2c(NNc3c4ccccc4cc4ccccc34)c3ccccc3cc2c1. The van der Waals surface area contributed by atoms with Crippen molar-refractivity contribution >= 4 is 54.5 Å². The predicted molar refractivity (Wildman–Crippen MR) is 130 cm³/mol. The van der Waals surface area contributed by atoms with Crippen molar-refractivity contribution in [3.63, 3.8) is 0 Å². The van der Waals surface area contributed by atoms with Crippen LogP contribution in [0.5, 0.6) is 0 Å². The second kappa shape index (κ2) is 6.78. The van der Waals surface area contributed by atoms with Gasteiger partial charge in [-0.3, -0.25) is 10.9 Å². The van der Waals surface area contributed by atoms with Crippen molar-refractivity contribution < 1.29 is 0 Å². The van der Waals surface area contributed by atoms with Gasteiger partial charge in [0.25, 0.3) is 0 Å². The molecule has 6 rings (SSSR count). The maximum atomic E-state index is 3.58. The van der Waals surface area contributed by atoms with Gasteiger partial charge in [0.05, 0.1) is 11.4 Å². The van der Waals surface area contributed by atoms with E-state index in [1.165, 1.54) is 43.1 Å². The molecule has 2 heteroatoms. The van der Waals surface area contributed by atoms with Gasteiger partial charge in [0.15, 0.2) is 0 Å². The molecule has 0 bridgehead atoms. The summed E-state index contributed by atoms with van der Waals surface area (Å²) in [6, 6.07) is 38.6. The molecule has 0 saturated heterocycles. The number of rotatable bonds is 3. The second-order valence-electron chi connectivity index (χ2n) is 7.64. The number of anilines is 2. The molecule has 2 N–H and O–H groups in total. The third kappa shape index (κ3) is 2.66. The van der Waals surface area contributed by atoms with Crippen molar-refractivity contribution in [3.8, 4) is 0 Å². The Morgan fingerprint density at radius 3 is 0.900 bits per heavy atom. The molecule has 0 aliphatic carbocycles. The Kier molecular flexibility index (Phi) is 3.82. The van der Waals surface area contributed by atoms with Crippen molar-refractivity contribution in [3.05, 3.63) is 109 Å². The van der Waals surface area contributed by atoms with Crippen molar-refractivity contribution in [2.75, 3.05) is 10.9 Å². The first-order valence-electron chi connectivity index (χ1n) is 10.2. The zero-order chi connectivity index (χ0) is 19.9. The Labute approximate surface area is 174 Å². The highest BCUT2D eigenvalue weighted by Gasteiger charge is 2.10. The average Bonchev–Trinajstić information content (AvgIpc) is 2.81. The molecule has 0 unspecified atom stereocenters. The molecule has 0 aromatic heterocycles. The van der Waals surface area contributed by atoms with Crippen molar-refractivity contribution in [1.82, 2.24) is 0 Å². The maximum Gasteiger partial charge on any atom is 0.0696 e. The summed E-state index contributed by atoms with van der Waals surface area (Å²) < 4.78 is 0. The third-order valence-electron chi connectivity index (χ3n) is 5.86. The highest BCUT2D eigenvalue weighted by Crippen LogP contribution is 2.36. The predicted octanol–water partition coefficient (Wildman–Crippen LogP) is 7.74. The largest absolute Gasteiger partial charge is 0.300 e. The topological polar surface area (TPSA) is 24.1 Å². The molecule has 142 valence electrons. The molecule has 0 saturated carbocycles. The van der Waals surface area contributed by atoms with Crippen LogP contribution in [-0.2, 0) is 0 Å². The highest BCUT2D eigenvalue weighted by molar-refractivity contribution is 6.14.